The van der Waals surface area contributed by atoms with Gasteiger partial charge in [0.05, 0.1) is 24.7 Å². The highest BCUT2D eigenvalue weighted by molar-refractivity contribution is 6.35. The highest BCUT2D eigenvalue weighted by atomic mass is 35.5. The molecule has 2 aliphatic heterocycles. The highest BCUT2D eigenvalue weighted by Gasteiger charge is 2.43. The smallest absolute Gasteiger partial charge is 0.319 e. The second-order valence-corrected chi connectivity index (χ2v) is 11.1. The van der Waals surface area contributed by atoms with Crippen molar-refractivity contribution < 1.29 is 22.7 Å². The van der Waals surface area contributed by atoms with Gasteiger partial charge in [-0.1, -0.05) is 54.1 Å². The fraction of sp³-hybridized carbons (Fsp3) is 0.367. The average Bonchev–Trinajstić information content (AvgIpc) is 2.94. The van der Waals surface area contributed by atoms with Crippen LogP contribution in [-0.4, -0.2) is 84.0 Å². The second kappa shape index (κ2) is 11.0. The number of likely N-dealkylation sites (tertiary alicyclic amines) is 1. The van der Waals surface area contributed by atoms with E-state index in [0.717, 1.165) is 17.2 Å². The second-order valence-electron chi connectivity index (χ2n) is 10.7. The van der Waals surface area contributed by atoms with Crippen LogP contribution in [0.25, 0.3) is 32.8 Å². The third-order valence-corrected chi connectivity index (χ3v) is 8.07. The number of ether oxygens (including phenoxy) is 1. The topological polar surface area (TPSA) is 61.8 Å². The summed E-state index contributed by atoms with van der Waals surface area (Å²) in [6, 6.07) is 15.0. The summed E-state index contributed by atoms with van der Waals surface area (Å²) in [5.74, 6) is -2.74. The number of carbonyl (C=O) groups is 1. The summed E-state index contributed by atoms with van der Waals surface area (Å²) in [6.07, 6.45) is 1.32. The van der Waals surface area contributed by atoms with Crippen molar-refractivity contribution in [1.82, 2.24) is 19.8 Å². The largest absolute Gasteiger partial charge is 0.463 e. The molecule has 2 saturated heterocycles. The Morgan fingerprint density at radius 3 is 2.63 bits per heavy atom. The van der Waals surface area contributed by atoms with Gasteiger partial charge in [0.15, 0.2) is 5.82 Å². The molecule has 0 radical (unpaired) electrons. The summed E-state index contributed by atoms with van der Waals surface area (Å²) in [6.45, 7) is 3.53. The van der Waals surface area contributed by atoms with Crippen LogP contribution in [0, 0.1) is 5.82 Å². The van der Waals surface area contributed by atoms with Crippen LogP contribution in [0.3, 0.4) is 0 Å². The summed E-state index contributed by atoms with van der Waals surface area (Å²) in [7, 11) is 0. The number of anilines is 1. The number of hydrogen-bond acceptors (Lipinski definition) is 6. The molecule has 1 unspecified atom stereocenters. The van der Waals surface area contributed by atoms with Gasteiger partial charge in [0.25, 0.3) is 5.92 Å². The van der Waals surface area contributed by atoms with E-state index in [1.54, 1.807) is 15.9 Å². The number of hydrogen-bond donors (Lipinski definition) is 0. The van der Waals surface area contributed by atoms with Gasteiger partial charge in [-0.2, -0.15) is 9.97 Å². The van der Waals surface area contributed by atoms with Crippen LogP contribution in [0.1, 0.15) is 13.3 Å². The molecule has 1 atom stereocenters. The molecule has 0 spiro atoms. The first-order valence-corrected chi connectivity index (χ1v) is 14.0. The fourth-order valence-electron chi connectivity index (χ4n) is 5.69. The minimum atomic E-state index is -2.62. The van der Waals surface area contributed by atoms with E-state index in [2.05, 4.69) is 9.97 Å². The lowest BCUT2D eigenvalue weighted by atomic mass is 9.96. The molecule has 1 amide bonds. The Kier molecular flexibility index (Phi) is 7.37. The molecule has 7 nitrogen and oxygen atoms in total. The van der Waals surface area contributed by atoms with Crippen molar-refractivity contribution in [2.24, 2.45) is 0 Å². The molecule has 4 aromatic rings. The van der Waals surface area contributed by atoms with Crippen molar-refractivity contribution in [3.8, 4) is 17.1 Å². The number of alkyl halides is 2. The molecule has 2 aliphatic rings. The monoisotopic (exact) mass is 583 g/mol. The lowest BCUT2D eigenvalue weighted by Crippen LogP contribution is -2.56. The van der Waals surface area contributed by atoms with Crippen LogP contribution < -0.4 is 9.64 Å². The van der Waals surface area contributed by atoms with Crippen molar-refractivity contribution in [3.63, 3.8) is 0 Å². The molecule has 0 saturated carbocycles. The minimum absolute atomic E-state index is 0.00278. The Bertz CT molecular complexity index is 1610. The van der Waals surface area contributed by atoms with Crippen LogP contribution in [0.5, 0.6) is 6.01 Å². The van der Waals surface area contributed by atoms with Crippen LogP contribution in [-0.2, 0) is 4.79 Å². The number of halogens is 4. The number of piperazine rings is 1. The van der Waals surface area contributed by atoms with Crippen LogP contribution in [0.15, 0.2) is 48.5 Å². The summed E-state index contributed by atoms with van der Waals surface area (Å²) < 4.78 is 48.7. The predicted molar refractivity (Wildman–Crippen MR) is 153 cm³/mol. The molecular formula is C30H29ClF3N5O2. The molecule has 3 aromatic carbocycles. The first-order chi connectivity index (χ1) is 19.7. The summed E-state index contributed by atoms with van der Waals surface area (Å²) in [4.78, 5) is 25.9. The fourth-order valence-corrected chi connectivity index (χ4v) is 5.99. The van der Waals surface area contributed by atoms with Crippen LogP contribution in [0.4, 0.5) is 19.0 Å². The molecule has 0 bridgehead atoms. The van der Waals surface area contributed by atoms with Crippen LogP contribution in [0.2, 0.25) is 5.02 Å². The molecule has 3 heterocycles. The average molecular weight is 584 g/mol. The normalized spacial score (nSPS) is 19.0. The number of benzene rings is 3. The number of nitrogens with zero attached hydrogens (tertiary/aromatic N) is 5. The number of fused-ring (bicyclic) bond motifs is 2. The highest BCUT2D eigenvalue weighted by Crippen LogP contribution is 2.41. The molecule has 214 valence electrons. The van der Waals surface area contributed by atoms with Crippen molar-refractivity contribution in [1.29, 1.82) is 0 Å². The quantitative estimate of drug-likeness (QED) is 0.198. The predicted octanol–water partition coefficient (Wildman–Crippen LogP) is 5.63. The summed E-state index contributed by atoms with van der Waals surface area (Å²) in [5, 5.41) is 2.49. The van der Waals surface area contributed by atoms with E-state index in [1.807, 2.05) is 54.3 Å². The maximum Gasteiger partial charge on any atom is 0.319 e. The van der Waals surface area contributed by atoms with E-state index < -0.39 is 11.7 Å². The van der Waals surface area contributed by atoms with Gasteiger partial charge in [-0.05, 0) is 35.7 Å². The molecule has 0 N–H and O–H groups in total. The van der Waals surface area contributed by atoms with Gasteiger partial charge >= 0.3 is 6.01 Å². The molecule has 0 aliphatic carbocycles. The van der Waals surface area contributed by atoms with Gasteiger partial charge in [-0.25, -0.2) is 13.2 Å². The summed E-state index contributed by atoms with van der Waals surface area (Å²) >= 11 is 6.78. The molecule has 2 fully saturated rings. The van der Waals surface area contributed by atoms with E-state index in [4.69, 9.17) is 16.3 Å². The Morgan fingerprint density at radius 1 is 1.10 bits per heavy atom. The van der Waals surface area contributed by atoms with Crippen molar-refractivity contribution >= 4 is 45.5 Å². The number of amides is 1. The van der Waals surface area contributed by atoms with Gasteiger partial charge in [0.1, 0.15) is 11.3 Å². The van der Waals surface area contributed by atoms with E-state index in [1.165, 1.54) is 0 Å². The molecule has 11 heteroatoms. The van der Waals surface area contributed by atoms with Gasteiger partial charge in [-0.15, -0.1) is 0 Å². The Morgan fingerprint density at radius 2 is 1.88 bits per heavy atom. The molecule has 41 heavy (non-hydrogen) atoms. The third kappa shape index (κ3) is 5.38. The molecule has 6 rings (SSSR count). The van der Waals surface area contributed by atoms with Crippen molar-refractivity contribution in [2.75, 3.05) is 50.8 Å². The first kappa shape index (κ1) is 27.5. The van der Waals surface area contributed by atoms with Gasteiger partial charge in [0.2, 0.25) is 6.41 Å². The summed E-state index contributed by atoms with van der Waals surface area (Å²) in [5.41, 5.74) is 0.962. The zero-order valence-corrected chi connectivity index (χ0v) is 23.3. The Hall–Kier alpha value is -3.63. The zero-order chi connectivity index (χ0) is 28.7. The Balaban J connectivity index is 1.39. The van der Waals surface area contributed by atoms with Gasteiger partial charge in [0, 0.05) is 43.2 Å². The van der Waals surface area contributed by atoms with E-state index >= 15 is 4.39 Å². The van der Waals surface area contributed by atoms with E-state index in [-0.39, 0.29) is 47.9 Å². The minimum Gasteiger partial charge on any atom is -0.463 e. The van der Waals surface area contributed by atoms with Crippen molar-refractivity contribution in [3.05, 3.63) is 59.4 Å². The van der Waals surface area contributed by atoms with E-state index in [9.17, 15) is 13.6 Å². The SMILES string of the molecule is CC1CN(c2nc(OCCCN3CC(F)(F)C3)nc3c(F)c(-c4cccc5ccccc45)c(Cl)cc23)CCN1C=O. The maximum absolute atomic E-state index is 16.5. The van der Waals surface area contributed by atoms with E-state index in [0.29, 0.717) is 49.4 Å². The number of rotatable bonds is 8. The van der Waals surface area contributed by atoms with Gasteiger partial charge < -0.3 is 14.5 Å². The number of carbonyl (C=O) groups excluding carboxylic acids is 1. The maximum atomic E-state index is 16.5. The number of aromatic nitrogens is 2. The van der Waals surface area contributed by atoms with Gasteiger partial charge in [-0.3, -0.25) is 9.69 Å². The lowest BCUT2D eigenvalue weighted by molar-refractivity contribution is -0.130. The van der Waals surface area contributed by atoms with Crippen LogP contribution >= 0.6 is 11.6 Å². The lowest BCUT2D eigenvalue weighted by Gasteiger charge is -2.39. The molecule has 1 aromatic heterocycles. The standard InChI is InChI=1S/C30H29ClF3N5O2/c1-19-15-38(11-12-39(19)18-40)28-23-14-24(31)25(22-9-4-7-20-6-2-3-8-21(20)22)26(32)27(23)35-29(36-28)41-13-5-10-37-16-30(33,34)17-37/h2-4,6-9,14,18-19H,5,10-13,15-17H2,1H3. The third-order valence-electron chi connectivity index (χ3n) is 7.77. The molecular weight excluding hydrogens is 555 g/mol. The first-order valence-electron chi connectivity index (χ1n) is 13.6. The Labute approximate surface area is 240 Å². The van der Waals surface area contributed by atoms with Crippen molar-refractivity contribution in [2.45, 2.75) is 25.3 Å². The zero-order valence-electron chi connectivity index (χ0n) is 22.5.